The molecule has 0 aromatic heterocycles. The molecule has 3 aromatic rings. The minimum atomic E-state index is -0.153. The molecule has 0 bridgehead atoms. The lowest BCUT2D eigenvalue weighted by Gasteiger charge is -2.25. The van der Waals surface area contributed by atoms with E-state index in [0.717, 1.165) is 22.4 Å². The third kappa shape index (κ3) is 3.11. The van der Waals surface area contributed by atoms with Gasteiger partial charge in [-0.1, -0.05) is 78.4 Å². The van der Waals surface area contributed by atoms with E-state index in [1.165, 1.54) is 0 Å². The van der Waals surface area contributed by atoms with Crippen LogP contribution in [0.4, 0.5) is 0 Å². The monoisotopic (exact) mass is 340 g/mol. The highest BCUT2D eigenvalue weighted by atomic mass is 16.2. The van der Waals surface area contributed by atoms with Crippen molar-refractivity contribution in [3.05, 3.63) is 113 Å². The summed E-state index contributed by atoms with van der Waals surface area (Å²) in [4.78, 5) is 13.1. The van der Waals surface area contributed by atoms with Gasteiger partial charge in [0.15, 0.2) is 0 Å². The maximum absolute atomic E-state index is 13.1. The molecule has 0 spiro atoms. The molecule has 1 atom stereocenters. The molecule has 0 radical (unpaired) electrons. The molecular formula is C23H20N2O. The molecule has 1 amide bonds. The smallest absolute Gasteiger partial charge is 0.273 e. The van der Waals surface area contributed by atoms with Crippen LogP contribution in [0, 0.1) is 6.92 Å². The Hall–Kier alpha value is -3.33. The van der Waals surface area contributed by atoms with Crippen LogP contribution in [0.2, 0.25) is 0 Å². The highest BCUT2D eigenvalue weighted by Crippen LogP contribution is 2.32. The van der Waals surface area contributed by atoms with Gasteiger partial charge in [0.25, 0.3) is 5.91 Å². The fourth-order valence-corrected chi connectivity index (χ4v) is 3.16. The van der Waals surface area contributed by atoms with Crippen LogP contribution >= 0.6 is 0 Å². The molecule has 1 N–H and O–H groups in total. The highest BCUT2D eigenvalue weighted by molar-refractivity contribution is 5.95. The second kappa shape index (κ2) is 6.89. The Morgan fingerprint density at radius 3 is 2.12 bits per heavy atom. The van der Waals surface area contributed by atoms with Gasteiger partial charge in [0, 0.05) is 5.56 Å². The van der Waals surface area contributed by atoms with E-state index < -0.39 is 0 Å². The highest BCUT2D eigenvalue weighted by Gasteiger charge is 2.31. The van der Waals surface area contributed by atoms with Gasteiger partial charge in [0.2, 0.25) is 0 Å². The molecule has 26 heavy (non-hydrogen) atoms. The Labute approximate surface area is 153 Å². The van der Waals surface area contributed by atoms with Crippen LogP contribution in [0.1, 0.15) is 33.1 Å². The van der Waals surface area contributed by atoms with Crippen LogP contribution in [0.3, 0.4) is 0 Å². The summed E-state index contributed by atoms with van der Waals surface area (Å²) in [6.07, 6.45) is 2.11. The van der Waals surface area contributed by atoms with E-state index in [9.17, 15) is 4.79 Å². The zero-order valence-corrected chi connectivity index (χ0v) is 14.6. The standard InChI is InChI=1S/C23H20N2O/c1-17-12-14-20(15-13-17)23(26)25-22(19-10-6-3-7-11-19)16-21(24-25)18-8-4-2-5-9-18/h2-16,22,24H,1H3. The number of benzene rings is 3. The third-order valence-electron chi connectivity index (χ3n) is 4.59. The van der Waals surface area contributed by atoms with Crippen molar-refractivity contribution >= 4 is 11.6 Å². The summed E-state index contributed by atoms with van der Waals surface area (Å²) < 4.78 is 0. The molecule has 4 rings (SSSR count). The van der Waals surface area contributed by atoms with Gasteiger partial charge in [0.1, 0.15) is 0 Å². The van der Waals surface area contributed by atoms with Crippen LogP contribution in [-0.2, 0) is 0 Å². The van der Waals surface area contributed by atoms with Gasteiger partial charge in [-0.15, -0.1) is 0 Å². The van der Waals surface area contributed by atoms with Crippen molar-refractivity contribution in [1.29, 1.82) is 0 Å². The van der Waals surface area contributed by atoms with Crippen LogP contribution in [0.5, 0.6) is 0 Å². The predicted octanol–water partition coefficient (Wildman–Crippen LogP) is 4.74. The molecule has 0 aliphatic carbocycles. The minimum absolute atomic E-state index is 0.0407. The van der Waals surface area contributed by atoms with Crippen LogP contribution in [0.25, 0.3) is 5.70 Å². The fourth-order valence-electron chi connectivity index (χ4n) is 3.16. The van der Waals surface area contributed by atoms with Gasteiger partial charge < -0.3 is 0 Å². The van der Waals surface area contributed by atoms with Crippen molar-refractivity contribution < 1.29 is 4.79 Å². The Bertz CT molecular complexity index is 931. The van der Waals surface area contributed by atoms with E-state index in [2.05, 4.69) is 11.5 Å². The van der Waals surface area contributed by atoms with Crippen molar-refractivity contribution in [3.8, 4) is 0 Å². The average molecular weight is 340 g/mol. The van der Waals surface area contributed by atoms with Crippen molar-refractivity contribution in [1.82, 2.24) is 10.4 Å². The topological polar surface area (TPSA) is 32.3 Å². The second-order valence-electron chi connectivity index (χ2n) is 6.45. The first kappa shape index (κ1) is 16.2. The van der Waals surface area contributed by atoms with Crippen LogP contribution in [0.15, 0.2) is 91.0 Å². The predicted molar refractivity (Wildman–Crippen MR) is 104 cm³/mol. The molecule has 0 saturated carbocycles. The summed E-state index contributed by atoms with van der Waals surface area (Å²) in [6, 6.07) is 27.7. The Morgan fingerprint density at radius 1 is 0.846 bits per heavy atom. The second-order valence-corrected chi connectivity index (χ2v) is 6.45. The van der Waals surface area contributed by atoms with Gasteiger partial charge in [-0.05, 0) is 36.3 Å². The average Bonchev–Trinajstić information content (AvgIpc) is 3.15. The third-order valence-corrected chi connectivity index (χ3v) is 4.59. The number of carbonyl (C=O) groups is 1. The first-order chi connectivity index (χ1) is 12.7. The number of nitrogens with one attached hydrogen (secondary N) is 1. The van der Waals surface area contributed by atoms with Crippen molar-refractivity contribution in [2.24, 2.45) is 0 Å². The van der Waals surface area contributed by atoms with E-state index in [1.807, 2.05) is 91.9 Å². The number of amides is 1. The number of hydrogen-bond donors (Lipinski definition) is 1. The normalized spacial score (nSPS) is 16.1. The van der Waals surface area contributed by atoms with Crippen LogP contribution in [-0.4, -0.2) is 10.9 Å². The zero-order chi connectivity index (χ0) is 17.9. The van der Waals surface area contributed by atoms with Crippen molar-refractivity contribution in [2.75, 3.05) is 0 Å². The first-order valence-corrected chi connectivity index (χ1v) is 8.71. The number of aryl methyl sites for hydroxylation is 1. The van der Waals surface area contributed by atoms with E-state index in [1.54, 1.807) is 5.01 Å². The quantitative estimate of drug-likeness (QED) is 0.747. The molecular weight excluding hydrogens is 320 g/mol. The van der Waals surface area contributed by atoms with Gasteiger partial charge in [-0.3, -0.25) is 10.2 Å². The van der Waals surface area contributed by atoms with Gasteiger partial charge in [-0.25, -0.2) is 5.01 Å². The molecule has 3 heteroatoms. The number of carbonyl (C=O) groups excluding carboxylic acids is 1. The first-order valence-electron chi connectivity index (χ1n) is 8.71. The molecule has 3 nitrogen and oxygen atoms in total. The molecule has 3 aromatic carbocycles. The molecule has 128 valence electrons. The van der Waals surface area contributed by atoms with Crippen LogP contribution < -0.4 is 5.43 Å². The maximum atomic E-state index is 13.1. The Balaban J connectivity index is 1.71. The summed E-state index contributed by atoms with van der Waals surface area (Å²) in [7, 11) is 0. The number of hydrazine groups is 1. The number of nitrogens with zero attached hydrogens (tertiary/aromatic N) is 1. The van der Waals surface area contributed by atoms with E-state index in [0.29, 0.717) is 5.56 Å². The molecule has 1 aliphatic heterocycles. The minimum Gasteiger partial charge on any atom is -0.295 e. The summed E-state index contributed by atoms with van der Waals surface area (Å²) in [6.45, 7) is 2.02. The molecule has 1 aliphatic rings. The Kier molecular flexibility index (Phi) is 4.28. The van der Waals surface area contributed by atoms with Crippen molar-refractivity contribution in [3.63, 3.8) is 0 Å². The lowest BCUT2D eigenvalue weighted by atomic mass is 10.0. The lowest BCUT2D eigenvalue weighted by Crippen LogP contribution is -2.39. The molecule has 0 fully saturated rings. The summed E-state index contributed by atoms with van der Waals surface area (Å²) in [5, 5.41) is 1.71. The lowest BCUT2D eigenvalue weighted by molar-refractivity contribution is 0.0672. The fraction of sp³-hybridized carbons (Fsp3) is 0.0870. The summed E-state index contributed by atoms with van der Waals surface area (Å²) >= 11 is 0. The number of rotatable bonds is 3. The van der Waals surface area contributed by atoms with Gasteiger partial charge in [0.05, 0.1) is 11.7 Å². The summed E-state index contributed by atoms with van der Waals surface area (Å²) in [5.74, 6) is -0.0407. The van der Waals surface area contributed by atoms with Crippen molar-refractivity contribution in [2.45, 2.75) is 13.0 Å². The largest absolute Gasteiger partial charge is 0.295 e. The molecule has 1 heterocycles. The summed E-state index contributed by atoms with van der Waals surface area (Å²) in [5.41, 5.74) is 8.21. The molecule has 1 unspecified atom stereocenters. The Morgan fingerprint density at radius 2 is 1.46 bits per heavy atom. The van der Waals surface area contributed by atoms with E-state index in [-0.39, 0.29) is 11.9 Å². The van der Waals surface area contributed by atoms with E-state index in [4.69, 9.17) is 0 Å². The SMILES string of the molecule is Cc1ccc(C(=O)N2NC(c3ccccc3)=CC2c2ccccc2)cc1. The molecule has 0 saturated heterocycles. The number of hydrogen-bond acceptors (Lipinski definition) is 2. The van der Waals surface area contributed by atoms with E-state index >= 15 is 0 Å². The van der Waals surface area contributed by atoms with Gasteiger partial charge in [-0.2, -0.15) is 0 Å². The zero-order valence-electron chi connectivity index (χ0n) is 14.6. The maximum Gasteiger partial charge on any atom is 0.273 e. The van der Waals surface area contributed by atoms with Gasteiger partial charge >= 0.3 is 0 Å².